The lowest BCUT2D eigenvalue weighted by Gasteiger charge is -2.06. The third kappa shape index (κ3) is 3.54. The van der Waals surface area contributed by atoms with E-state index in [1.807, 2.05) is 51.1 Å². The molecule has 5 nitrogen and oxygen atoms in total. The van der Waals surface area contributed by atoms with Crippen LogP contribution in [-0.4, -0.2) is 16.1 Å². The second kappa shape index (κ2) is 6.97. The van der Waals surface area contributed by atoms with Crippen molar-refractivity contribution in [2.75, 3.05) is 5.32 Å². The van der Waals surface area contributed by atoms with Crippen molar-refractivity contribution >= 4 is 22.9 Å². The third-order valence-electron chi connectivity index (χ3n) is 3.78. The SMILES string of the molecule is CCc1nnc(-c2cc(NC(=O)Cc3ccccc3C)c(C)s2)o1. The third-order valence-corrected chi connectivity index (χ3v) is 4.82. The van der Waals surface area contributed by atoms with E-state index in [0.717, 1.165) is 26.6 Å². The van der Waals surface area contributed by atoms with E-state index >= 15 is 0 Å². The zero-order valence-corrected chi connectivity index (χ0v) is 14.7. The Bertz CT molecular complexity index is 867. The molecule has 2 heterocycles. The number of nitrogens with one attached hydrogen (secondary N) is 1. The largest absolute Gasteiger partial charge is 0.420 e. The normalized spacial score (nSPS) is 10.8. The Kier molecular flexibility index (Phi) is 4.76. The molecule has 6 heteroatoms. The van der Waals surface area contributed by atoms with E-state index in [1.54, 1.807) is 0 Å². The summed E-state index contributed by atoms with van der Waals surface area (Å²) in [6, 6.07) is 9.80. The summed E-state index contributed by atoms with van der Waals surface area (Å²) in [4.78, 5) is 14.2. The maximum absolute atomic E-state index is 12.3. The predicted molar refractivity (Wildman–Crippen MR) is 95.2 cm³/mol. The van der Waals surface area contributed by atoms with Gasteiger partial charge in [0, 0.05) is 11.3 Å². The fourth-order valence-corrected chi connectivity index (χ4v) is 3.28. The molecular formula is C18H19N3O2S. The number of hydrogen-bond acceptors (Lipinski definition) is 5. The molecule has 1 amide bonds. The quantitative estimate of drug-likeness (QED) is 0.756. The van der Waals surface area contributed by atoms with Crippen LogP contribution in [0.4, 0.5) is 5.69 Å². The fraction of sp³-hybridized carbons (Fsp3) is 0.278. The average molecular weight is 341 g/mol. The average Bonchev–Trinajstić information content (AvgIpc) is 3.17. The van der Waals surface area contributed by atoms with E-state index in [4.69, 9.17) is 4.42 Å². The monoisotopic (exact) mass is 341 g/mol. The van der Waals surface area contributed by atoms with Gasteiger partial charge in [0.05, 0.1) is 17.0 Å². The van der Waals surface area contributed by atoms with Crippen molar-refractivity contribution < 1.29 is 9.21 Å². The standard InChI is InChI=1S/C18H19N3O2S/c1-4-17-20-21-18(23-17)15-10-14(12(3)24-15)19-16(22)9-13-8-6-5-7-11(13)2/h5-8,10H,4,9H2,1-3H3,(H,19,22). The van der Waals surface area contributed by atoms with Crippen molar-refractivity contribution in [3.63, 3.8) is 0 Å². The van der Waals surface area contributed by atoms with Crippen molar-refractivity contribution in [1.82, 2.24) is 10.2 Å². The van der Waals surface area contributed by atoms with E-state index in [9.17, 15) is 4.79 Å². The van der Waals surface area contributed by atoms with Gasteiger partial charge in [0.1, 0.15) is 0 Å². The molecule has 1 N–H and O–H groups in total. The summed E-state index contributed by atoms with van der Waals surface area (Å²) in [6.45, 7) is 5.94. The minimum Gasteiger partial charge on any atom is -0.420 e. The number of aryl methyl sites for hydroxylation is 3. The molecule has 0 saturated heterocycles. The van der Waals surface area contributed by atoms with Crippen molar-refractivity contribution in [2.45, 2.75) is 33.6 Å². The Morgan fingerprint density at radius 3 is 2.75 bits per heavy atom. The first-order valence-electron chi connectivity index (χ1n) is 7.84. The number of aromatic nitrogens is 2. The molecule has 24 heavy (non-hydrogen) atoms. The summed E-state index contributed by atoms with van der Waals surface area (Å²) in [7, 11) is 0. The van der Waals surface area contributed by atoms with Crippen LogP contribution in [0.15, 0.2) is 34.7 Å². The molecule has 124 valence electrons. The van der Waals surface area contributed by atoms with Crippen LogP contribution in [0.2, 0.25) is 0 Å². The summed E-state index contributed by atoms with van der Waals surface area (Å²) in [5.41, 5.74) is 2.95. The number of nitrogens with zero attached hydrogens (tertiary/aromatic N) is 2. The van der Waals surface area contributed by atoms with Gasteiger partial charge in [0.15, 0.2) is 0 Å². The molecule has 2 aromatic heterocycles. The van der Waals surface area contributed by atoms with Crippen molar-refractivity contribution in [3.05, 3.63) is 52.2 Å². The highest BCUT2D eigenvalue weighted by atomic mass is 32.1. The van der Waals surface area contributed by atoms with Gasteiger partial charge < -0.3 is 9.73 Å². The molecule has 0 radical (unpaired) electrons. The lowest BCUT2D eigenvalue weighted by atomic mass is 10.1. The van der Waals surface area contributed by atoms with E-state index in [-0.39, 0.29) is 5.91 Å². The van der Waals surface area contributed by atoms with Gasteiger partial charge in [-0.15, -0.1) is 21.5 Å². The maximum atomic E-state index is 12.3. The van der Waals surface area contributed by atoms with Crippen LogP contribution in [0, 0.1) is 13.8 Å². The molecule has 0 bridgehead atoms. The second-order valence-corrected chi connectivity index (χ2v) is 6.84. The highest BCUT2D eigenvalue weighted by molar-refractivity contribution is 7.15. The number of anilines is 1. The van der Waals surface area contributed by atoms with Gasteiger partial charge in [-0.1, -0.05) is 31.2 Å². The van der Waals surface area contributed by atoms with E-state index in [2.05, 4.69) is 15.5 Å². The number of thiophene rings is 1. The molecule has 0 spiro atoms. The highest BCUT2D eigenvalue weighted by Gasteiger charge is 2.15. The summed E-state index contributed by atoms with van der Waals surface area (Å²) in [5, 5.41) is 11.0. The summed E-state index contributed by atoms with van der Waals surface area (Å²) in [6.07, 6.45) is 1.06. The fourth-order valence-electron chi connectivity index (χ4n) is 2.38. The summed E-state index contributed by atoms with van der Waals surface area (Å²) < 4.78 is 5.58. The minimum atomic E-state index is -0.0310. The van der Waals surface area contributed by atoms with Gasteiger partial charge in [-0.3, -0.25) is 4.79 Å². The van der Waals surface area contributed by atoms with Crippen LogP contribution >= 0.6 is 11.3 Å². The van der Waals surface area contributed by atoms with Gasteiger partial charge in [-0.2, -0.15) is 0 Å². The smallest absolute Gasteiger partial charge is 0.257 e. The van der Waals surface area contributed by atoms with E-state index in [0.29, 0.717) is 24.6 Å². The molecule has 1 aromatic carbocycles. The predicted octanol–water partition coefficient (Wildman–Crippen LogP) is 4.16. The molecule has 0 unspecified atom stereocenters. The molecule has 3 rings (SSSR count). The van der Waals surface area contributed by atoms with Crippen LogP contribution in [-0.2, 0) is 17.6 Å². The Balaban J connectivity index is 1.73. The lowest BCUT2D eigenvalue weighted by Crippen LogP contribution is -2.15. The highest BCUT2D eigenvalue weighted by Crippen LogP contribution is 2.33. The zero-order valence-electron chi connectivity index (χ0n) is 13.9. The molecule has 0 fully saturated rings. The van der Waals surface area contributed by atoms with Crippen LogP contribution in [0.5, 0.6) is 0 Å². The number of benzene rings is 1. The van der Waals surface area contributed by atoms with Crippen molar-refractivity contribution in [3.8, 4) is 10.8 Å². The number of amides is 1. The van der Waals surface area contributed by atoms with Gasteiger partial charge in [0.2, 0.25) is 11.8 Å². The molecule has 0 atom stereocenters. The summed E-state index contributed by atoms with van der Waals surface area (Å²) >= 11 is 1.53. The van der Waals surface area contributed by atoms with Crippen LogP contribution in [0.25, 0.3) is 10.8 Å². The molecule has 0 saturated carbocycles. The van der Waals surface area contributed by atoms with Gasteiger partial charge in [0.25, 0.3) is 5.89 Å². The van der Waals surface area contributed by atoms with E-state index in [1.165, 1.54) is 11.3 Å². The summed E-state index contributed by atoms with van der Waals surface area (Å²) in [5.74, 6) is 1.08. The van der Waals surface area contributed by atoms with Gasteiger partial charge in [-0.25, -0.2) is 0 Å². The van der Waals surface area contributed by atoms with Crippen LogP contribution in [0.3, 0.4) is 0 Å². The van der Waals surface area contributed by atoms with E-state index < -0.39 is 0 Å². The number of carbonyl (C=O) groups is 1. The minimum absolute atomic E-state index is 0.0310. The molecule has 0 aliphatic carbocycles. The van der Waals surface area contributed by atoms with Crippen LogP contribution < -0.4 is 5.32 Å². The van der Waals surface area contributed by atoms with Gasteiger partial charge >= 0.3 is 0 Å². The number of hydrogen-bond donors (Lipinski definition) is 1. The van der Waals surface area contributed by atoms with Gasteiger partial charge in [-0.05, 0) is 31.0 Å². The number of rotatable bonds is 5. The molecule has 0 aliphatic rings. The number of carbonyl (C=O) groups excluding carboxylic acids is 1. The zero-order chi connectivity index (χ0) is 17.1. The molecule has 0 aliphatic heterocycles. The second-order valence-electron chi connectivity index (χ2n) is 5.59. The first-order valence-corrected chi connectivity index (χ1v) is 8.66. The Morgan fingerprint density at radius 2 is 2.04 bits per heavy atom. The first-order chi connectivity index (χ1) is 11.6. The van der Waals surface area contributed by atoms with Crippen LogP contribution in [0.1, 0.15) is 28.8 Å². The topological polar surface area (TPSA) is 68.0 Å². The Hall–Kier alpha value is -2.47. The van der Waals surface area contributed by atoms with Crippen molar-refractivity contribution in [1.29, 1.82) is 0 Å². The maximum Gasteiger partial charge on any atom is 0.257 e. The molecular weight excluding hydrogens is 322 g/mol. The Morgan fingerprint density at radius 1 is 1.25 bits per heavy atom. The van der Waals surface area contributed by atoms with Crippen molar-refractivity contribution in [2.24, 2.45) is 0 Å². The first kappa shape index (κ1) is 16.4. The lowest BCUT2D eigenvalue weighted by molar-refractivity contribution is -0.115. The Labute approximate surface area is 144 Å². The molecule has 3 aromatic rings.